The number of para-hydroxylation sites is 2. The number of carbonyl (C=O) groups excluding carboxylic acids is 3. The first-order valence-corrected chi connectivity index (χ1v) is 51.1. The molecule has 0 atom stereocenters. The van der Waals surface area contributed by atoms with Crippen LogP contribution in [0, 0.1) is 66.5 Å². The van der Waals surface area contributed by atoms with Gasteiger partial charge in [0.15, 0.2) is 17.3 Å². The van der Waals surface area contributed by atoms with Gasteiger partial charge in [-0.05, 0) is 180 Å². The van der Waals surface area contributed by atoms with E-state index in [1.165, 1.54) is 95.4 Å². The number of nitrogens with zero attached hydrogens (tertiary/aromatic N) is 5. The Kier molecular flexibility index (Phi) is 42.7. The van der Waals surface area contributed by atoms with Crippen molar-refractivity contribution >= 4 is 147 Å². The Labute approximate surface area is 882 Å². The van der Waals surface area contributed by atoms with Crippen LogP contribution in [0.3, 0.4) is 0 Å². The number of hydrogen-bond donors (Lipinski definition) is 3. The number of ketones is 3. The van der Waals surface area contributed by atoms with E-state index < -0.39 is 23.5 Å². The van der Waals surface area contributed by atoms with Crippen LogP contribution in [-0.2, 0) is 103 Å². The molecule has 0 bridgehead atoms. The molecule has 0 aliphatic heterocycles. The van der Waals surface area contributed by atoms with Crippen molar-refractivity contribution in [2.24, 2.45) is 34.5 Å². The van der Waals surface area contributed by atoms with E-state index in [0.29, 0.717) is 33.3 Å². The summed E-state index contributed by atoms with van der Waals surface area (Å²) < 4.78 is 84.8. The molecule has 0 aliphatic carbocycles. The van der Waals surface area contributed by atoms with Crippen LogP contribution in [0.25, 0.3) is 129 Å². The molecule has 11 nitrogen and oxygen atoms in total. The van der Waals surface area contributed by atoms with Crippen LogP contribution in [0.2, 0.25) is 0 Å². The maximum Gasteiger partial charge on any atom is 0.418 e. The van der Waals surface area contributed by atoms with Gasteiger partial charge in [0.05, 0.1) is 33.7 Å². The number of benzene rings is 9. The monoisotopic (exact) mass is 2510 g/mol. The molecule has 15 rings (SSSR count). The van der Waals surface area contributed by atoms with Gasteiger partial charge in [-0.2, -0.15) is 37.7 Å². The summed E-state index contributed by atoms with van der Waals surface area (Å²) >= 11 is 5.18. The summed E-state index contributed by atoms with van der Waals surface area (Å²) in [5.41, 5.74) is 6.64. The number of pyridine rings is 1. The second-order valence-corrected chi connectivity index (χ2v) is 42.7. The van der Waals surface area contributed by atoms with E-state index in [1.54, 1.807) is 34.8 Å². The van der Waals surface area contributed by atoms with E-state index in [2.05, 4.69) is 210 Å². The Bertz CT molecular complexity index is 6670. The van der Waals surface area contributed by atoms with Gasteiger partial charge in [-0.1, -0.05) is 270 Å². The third kappa shape index (κ3) is 28.2. The number of alkyl halides is 6. The van der Waals surface area contributed by atoms with E-state index in [9.17, 15) is 56.0 Å². The average molecular weight is 2510 g/mol. The number of rotatable bonds is 24. The van der Waals surface area contributed by atoms with Crippen LogP contribution in [0.4, 0.5) is 26.3 Å². The zero-order valence-electron chi connectivity index (χ0n) is 85.9. The van der Waals surface area contributed by atoms with Crippen LogP contribution in [0.5, 0.6) is 0 Å². The predicted molar refractivity (Wildman–Crippen MR) is 569 cm³/mol. The molecule has 759 valence electrons. The van der Waals surface area contributed by atoms with Crippen molar-refractivity contribution < 1.29 is 116 Å². The Balaban J connectivity index is 0.000000236. The van der Waals surface area contributed by atoms with Crippen molar-refractivity contribution in [3.63, 3.8) is 0 Å². The number of fused-ring (bicyclic) bond motifs is 9. The zero-order chi connectivity index (χ0) is 102. The predicted octanol–water partition coefficient (Wildman–Crippen LogP) is 35.9. The van der Waals surface area contributed by atoms with E-state index in [4.69, 9.17) is 4.98 Å². The molecule has 6 heterocycles. The first-order valence-electron chi connectivity index (χ1n) is 48.5. The van der Waals surface area contributed by atoms with Crippen molar-refractivity contribution in [3.8, 4) is 33.8 Å². The minimum atomic E-state index is -4.49. The molecule has 0 spiro atoms. The van der Waals surface area contributed by atoms with Crippen LogP contribution in [0.1, 0.15) is 275 Å². The number of thiophene rings is 3. The minimum Gasteiger partial charge on any atom is -0.512 e. The van der Waals surface area contributed by atoms with Gasteiger partial charge in [0.25, 0.3) is 0 Å². The fourth-order valence-electron chi connectivity index (χ4n) is 17.5. The Morgan fingerprint density at radius 2 is 0.738 bits per heavy atom. The topological polar surface area (TPSA) is 176 Å². The van der Waals surface area contributed by atoms with Crippen molar-refractivity contribution in [3.05, 3.63) is 255 Å². The van der Waals surface area contributed by atoms with Crippen molar-refractivity contribution in [1.29, 1.82) is 0 Å². The maximum absolute atomic E-state index is 13.5. The molecule has 0 unspecified atom stereocenters. The molecule has 0 fully saturated rings. The van der Waals surface area contributed by atoms with Gasteiger partial charge in [0.2, 0.25) is 0 Å². The summed E-state index contributed by atoms with van der Waals surface area (Å²) in [6.07, 6.45) is 9.93. The molecule has 0 aliphatic rings. The summed E-state index contributed by atoms with van der Waals surface area (Å²) in [4.78, 5) is 58.4. The van der Waals surface area contributed by atoms with E-state index in [0.717, 1.165) is 149 Å². The zero-order valence-corrected chi connectivity index (χ0v) is 95.5. The molecule has 0 amide bonds. The molecule has 6 aromatic heterocycles. The smallest absolute Gasteiger partial charge is 0.418 e. The molecular weight excluding hydrogens is 2370 g/mol. The molecule has 141 heavy (non-hydrogen) atoms. The van der Waals surface area contributed by atoms with Gasteiger partial charge < -0.3 is 15.3 Å². The number of aromatic nitrogens is 5. The summed E-state index contributed by atoms with van der Waals surface area (Å²) in [6.45, 7) is 52.3. The number of hydrogen-bond acceptors (Lipinski definition) is 14. The van der Waals surface area contributed by atoms with E-state index in [-0.39, 0.29) is 157 Å². The molecule has 0 saturated carbocycles. The van der Waals surface area contributed by atoms with E-state index >= 15 is 0 Å². The second-order valence-electron chi connectivity index (χ2n) is 39.6. The normalized spacial score (nSPS) is 12.5. The Morgan fingerprint density at radius 1 is 0.376 bits per heavy atom. The number of carbonyl (C=O) groups is 3. The molecule has 3 N–H and O–H groups in total. The third-order valence-corrected chi connectivity index (χ3v) is 30.6. The number of allylic oxidation sites excluding steroid dienone is 6. The molecular formula is C118H136F6Ir3N5O6S3-3. The molecule has 0 saturated heterocycles. The Hall–Kier alpha value is -9.11. The first-order chi connectivity index (χ1) is 65.1. The van der Waals surface area contributed by atoms with Crippen LogP contribution >= 0.6 is 34.0 Å². The fraction of sp³-hybridized carbons (Fsp3) is 0.407. The van der Waals surface area contributed by atoms with Crippen molar-refractivity contribution in [2.75, 3.05) is 0 Å². The third-order valence-electron chi connectivity index (χ3n) is 27.6. The van der Waals surface area contributed by atoms with Gasteiger partial charge in [0.1, 0.15) is 18.4 Å². The summed E-state index contributed by atoms with van der Waals surface area (Å²) in [6, 6.07) is 53.0. The number of aryl methyl sites for hydroxylation is 2. The van der Waals surface area contributed by atoms with E-state index in [1.807, 2.05) is 127 Å². The minimum absolute atomic E-state index is 0. The molecule has 9 aromatic carbocycles. The molecule has 23 heteroatoms. The summed E-state index contributed by atoms with van der Waals surface area (Å²) in [5.74, 6) is 1.38. The van der Waals surface area contributed by atoms with Crippen LogP contribution in [0.15, 0.2) is 199 Å². The quantitative estimate of drug-likeness (QED) is 0.0173. The molecule has 15 aromatic rings. The van der Waals surface area contributed by atoms with Crippen molar-refractivity contribution in [1.82, 2.24) is 24.9 Å². The largest absolute Gasteiger partial charge is 0.512 e. The maximum atomic E-state index is 13.5. The van der Waals surface area contributed by atoms with Gasteiger partial charge in [-0.25, -0.2) is 9.97 Å². The standard InChI is InChI=1S/C27H24NS.2C25H18F3N2S.C15H28O2.2C13H24O2.3Ir/c1-16-17(2)29-26-22(16)10-11-28-25(26)21-13-20-12-18-8-6-7-9-19(18)14-23(20)24(15-21)27(3,4)5;1-24(2,3)20-11-16(9-15-12-21-14(7-8-31-21)10-18(15)20)22-17-5-4-6-19(25(26,27)28)23(17)30-13-29-22;1-24(2,3)20-11-16(10-15-9-14-7-8-31-21(14)12-18(15)20)22-17-5-4-6-19(25(26,27)28)23(17)30-13-29-22;1-7-14(5,8-2)12(16)11-13(17)15(6,9-3)10-4;2*1-5-10(6-2)12(14)9-13(15)11(7-3)8-4;;;/h6-12,14-15H,1-5H3;4-8,10-13H,1-3H3;4-9,11-13H,1-3H3;11,16H,7-10H2,1-6H3;2*9-11,14H,5-8H2,1-4H3;;;/q3*-1;;;;;;. The SMILES string of the molecule is CC(C)(C)c1cc(-c2ncnc3c(C(F)(F)F)cccc23)[c-]c2cc3ccsc3cc12.CC(C)(C)c1cc(-c2ncnc3c(C(F)(F)F)cccc23)[c-]c2cc3sccc3cc12.CCC(C)(CC)C(=O)C=C(O)C(C)(CC)CC.CCC(CC)C(=O)C=C(O)C(CC)CC.CCC(CC)C(=O)C=C(O)C(CC)CC.Cc1sc2c(-c3[c-]c4cc5ccccc5cc4c(C(C)(C)C)c3)nccc2c1C.[Ir].[Ir].[Ir]. The van der Waals surface area contributed by atoms with Gasteiger partial charge in [-0.15, -0.1) is 110 Å². The van der Waals surface area contributed by atoms with Crippen LogP contribution in [-0.4, -0.2) is 57.6 Å². The summed E-state index contributed by atoms with van der Waals surface area (Å²) in [7, 11) is 0. The van der Waals surface area contributed by atoms with Gasteiger partial charge >= 0.3 is 12.4 Å². The first kappa shape index (κ1) is 119. The number of aliphatic hydroxyl groups excluding tert-OH is 3. The number of halogens is 6. The van der Waals surface area contributed by atoms with Crippen LogP contribution < -0.4 is 0 Å². The van der Waals surface area contributed by atoms with Gasteiger partial charge in [-0.3, -0.25) is 29.3 Å². The molecule has 3 radical (unpaired) electrons. The fourth-order valence-corrected chi connectivity index (χ4v) is 20.2. The number of aliphatic hydroxyl groups is 3. The summed E-state index contributed by atoms with van der Waals surface area (Å²) in [5, 5.41) is 47.1. The average Bonchev–Trinajstić information content (AvgIpc) is 1.71. The Morgan fingerprint density at radius 3 is 1.13 bits per heavy atom. The van der Waals surface area contributed by atoms with Gasteiger partial charge in [0, 0.05) is 155 Å². The second kappa shape index (κ2) is 50.6. The van der Waals surface area contributed by atoms with Crippen molar-refractivity contribution in [2.45, 2.75) is 279 Å².